The van der Waals surface area contributed by atoms with Gasteiger partial charge in [-0.1, -0.05) is 0 Å². The van der Waals surface area contributed by atoms with Crippen molar-refractivity contribution in [3.8, 4) is 11.3 Å². The molecule has 0 aliphatic heterocycles. The van der Waals surface area contributed by atoms with E-state index in [4.69, 9.17) is 11.6 Å². The summed E-state index contributed by atoms with van der Waals surface area (Å²) in [6.07, 6.45) is 1.65. The Balaban J connectivity index is 2.40. The first-order valence-corrected chi connectivity index (χ1v) is 11.9. The van der Waals surface area contributed by atoms with Gasteiger partial charge in [0.25, 0.3) is 0 Å². The van der Waals surface area contributed by atoms with Crippen LogP contribution in [0.25, 0.3) is 11.3 Å². The number of hydrogen-bond donors (Lipinski definition) is 0. The van der Waals surface area contributed by atoms with Gasteiger partial charge in [0.2, 0.25) is 0 Å². The van der Waals surface area contributed by atoms with Crippen molar-refractivity contribution in [3.63, 3.8) is 0 Å². The molecular formula is C14H18ClIN4O. The first-order valence-electron chi connectivity index (χ1n) is 6.26. The van der Waals surface area contributed by atoms with Gasteiger partial charge in [-0.25, -0.2) is 0 Å². The normalized spacial score (nSPS) is 11.4. The van der Waals surface area contributed by atoms with Crippen LogP contribution in [-0.4, -0.2) is 47.7 Å². The number of nitrogens with zero attached hydrogens (tertiary/aromatic N) is 4. The molecule has 0 unspecified atom stereocenters. The van der Waals surface area contributed by atoms with Gasteiger partial charge in [-0.2, -0.15) is 0 Å². The number of aromatic nitrogens is 3. The maximum atomic E-state index is 11.8. The Hall–Kier alpha value is -1.15. The molecule has 5 nitrogen and oxygen atoms in total. The van der Waals surface area contributed by atoms with Gasteiger partial charge in [-0.15, -0.1) is 0 Å². The predicted molar refractivity (Wildman–Crippen MR) is 94.5 cm³/mol. The van der Waals surface area contributed by atoms with Gasteiger partial charge in [0, 0.05) is 0 Å². The molecule has 0 fully saturated rings. The van der Waals surface area contributed by atoms with Gasteiger partial charge in [0.15, 0.2) is 0 Å². The van der Waals surface area contributed by atoms with E-state index >= 15 is 0 Å². The molecule has 1 amide bonds. The van der Waals surface area contributed by atoms with Gasteiger partial charge in [0.05, 0.1) is 0 Å². The van der Waals surface area contributed by atoms with Gasteiger partial charge in [-0.05, 0) is 0 Å². The van der Waals surface area contributed by atoms with Crippen molar-refractivity contribution in [1.82, 2.24) is 17.9 Å². The Morgan fingerprint density at radius 2 is 2.00 bits per heavy atom. The average molecular weight is 421 g/mol. The van der Waals surface area contributed by atoms with Crippen LogP contribution in [0, 0.1) is 6.92 Å². The van der Waals surface area contributed by atoms with Crippen LogP contribution in [0.15, 0.2) is 18.3 Å². The SMILES string of the molecule is Cc1c(Cl)c(-c2ccc(C(=O)N(C)C)nc2)nn1I(C)C. The molecule has 0 spiro atoms. The number of rotatable bonds is 3. The summed E-state index contributed by atoms with van der Waals surface area (Å²) in [5.74, 6) is -0.120. The zero-order valence-corrected chi connectivity index (χ0v) is 15.6. The summed E-state index contributed by atoms with van der Waals surface area (Å²) in [5, 5.41) is 5.27. The van der Waals surface area contributed by atoms with Crippen LogP contribution in [0.5, 0.6) is 0 Å². The molecule has 0 saturated heterocycles. The summed E-state index contributed by atoms with van der Waals surface area (Å²) < 4.78 is 2.04. The van der Waals surface area contributed by atoms with Gasteiger partial charge in [-0.3, -0.25) is 0 Å². The predicted octanol–water partition coefficient (Wildman–Crippen LogP) is 3.14. The number of pyridine rings is 1. The fraction of sp³-hybridized carbons (Fsp3) is 0.357. The molecule has 0 radical (unpaired) electrons. The summed E-state index contributed by atoms with van der Waals surface area (Å²) in [7, 11) is 3.40. The molecular weight excluding hydrogens is 403 g/mol. The minimum absolute atomic E-state index is 0.120. The molecule has 0 atom stereocenters. The van der Waals surface area contributed by atoms with E-state index in [1.54, 1.807) is 26.4 Å². The third-order valence-corrected chi connectivity index (χ3v) is 6.19. The molecule has 2 heterocycles. The number of carbonyl (C=O) groups excluding carboxylic acids is 1. The third kappa shape index (κ3) is 3.21. The molecule has 2 rings (SSSR count). The van der Waals surface area contributed by atoms with Crippen LogP contribution in [0.2, 0.25) is 5.02 Å². The van der Waals surface area contributed by atoms with E-state index in [-0.39, 0.29) is 5.91 Å². The molecule has 21 heavy (non-hydrogen) atoms. The second-order valence-electron chi connectivity index (χ2n) is 4.96. The Bertz CT molecular complexity index is 664. The zero-order valence-electron chi connectivity index (χ0n) is 12.7. The monoisotopic (exact) mass is 420 g/mol. The van der Waals surface area contributed by atoms with E-state index in [1.165, 1.54) is 4.90 Å². The number of hydrogen-bond acceptors (Lipinski definition) is 3. The summed E-state index contributed by atoms with van der Waals surface area (Å²) in [6, 6.07) is 3.54. The fourth-order valence-electron chi connectivity index (χ4n) is 1.86. The van der Waals surface area contributed by atoms with E-state index in [2.05, 4.69) is 19.9 Å². The van der Waals surface area contributed by atoms with Crippen molar-refractivity contribution in [2.75, 3.05) is 24.0 Å². The second-order valence-corrected chi connectivity index (χ2v) is 10.3. The van der Waals surface area contributed by atoms with Crippen molar-refractivity contribution in [1.29, 1.82) is 0 Å². The molecule has 0 bridgehead atoms. The second kappa shape index (κ2) is 6.31. The summed E-state index contributed by atoms with van der Waals surface area (Å²) in [6.45, 7) is 1.98. The van der Waals surface area contributed by atoms with Crippen molar-refractivity contribution < 1.29 is 4.79 Å². The van der Waals surface area contributed by atoms with Crippen molar-refractivity contribution >= 4 is 37.6 Å². The van der Waals surface area contributed by atoms with E-state index in [0.717, 1.165) is 17.0 Å². The van der Waals surface area contributed by atoms with Crippen LogP contribution in [0.1, 0.15) is 16.2 Å². The van der Waals surface area contributed by atoms with Crippen LogP contribution >= 0.6 is 31.7 Å². The topological polar surface area (TPSA) is 51.0 Å². The first kappa shape index (κ1) is 16.2. The molecule has 2 aromatic heterocycles. The first-order chi connectivity index (χ1) is 9.82. The number of alkyl halides is 2. The molecule has 0 N–H and O–H groups in total. The van der Waals surface area contributed by atoms with Gasteiger partial charge >= 0.3 is 137 Å². The van der Waals surface area contributed by atoms with Crippen LogP contribution in [-0.2, 0) is 0 Å². The van der Waals surface area contributed by atoms with Gasteiger partial charge < -0.3 is 0 Å². The third-order valence-electron chi connectivity index (χ3n) is 2.97. The summed E-state index contributed by atoms with van der Waals surface area (Å²) in [4.78, 5) is 22.0. The zero-order chi connectivity index (χ0) is 15.7. The molecule has 7 heteroatoms. The van der Waals surface area contributed by atoms with E-state index in [0.29, 0.717) is 10.7 Å². The summed E-state index contributed by atoms with van der Waals surface area (Å²) in [5.41, 5.74) is 2.97. The van der Waals surface area contributed by atoms with Crippen LogP contribution in [0.3, 0.4) is 0 Å². The quantitative estimate of drug-likeness (QED) is 0.566. The van der Waals surface area contributed by atoms with Crippen LogP contribution < -0.4 is 0 Å². The molecule has 0 aliphatic carbocycles. The Labute approximate surface area is 137 Å². The molecule has 2 aromatic rings. The van der Waals surface area contributed by atoms with Crippen molar-refractivity contribution in [2.45, 2.75) is 6.92 Å². The number of halogens is 2. The van der Waals surface area contributed by atoms with E-state index in [9.17, 15) is 4.79 Å². The van der Waals surface area contributed by atoms with Gasteiger partial charge in [0.1, 0.15) is 0 Å². The molecule has 0 saturated carbocycles. The van der Waals surface area contributed by atoms with E-state index < -0.39 is 20.1 Å². The summed E-state index contributed by atoms with van der Waals surface area (Å²) >= 11 is 5.11. The van der Waals surface area contributed by atoms with E-state index in [1.807, 2.05) is 15.9 Å². The van der Waals surface area contributed by atoms with Crippen molar-refractivity contribution in [3.05, 3.63) is 34.7 Å². The Kier molecular flexibility index (Phi) is 4.88. The fourth-order valence-corrected chi connectivity index (χ4v) is 4.57. The molecule has 114 valence electrons. The molecule has 0 aliphatic rings. The Morgan fingerprint density at radius 1 is 1.33 bits per heavy atom. The Morgan fingerprint density at radius 3 is 2.43 bits per heavy atom. The van der Waals surface area contributed by atoms with Crippen LogP contribution in [0.4, 0.5) is 0 Å². The van der Waals surface area contributed by atoms with Crippen molar-refractivity contribution in [2.24, 2.45) is 0 Å². The average Bonchev–Trinajstić information content (AvgIpc) is 2.75. The molecule has 0 aromatic carbocycles. The number of carbonyl (C=O) groups is 1. The number of amides is 1. The maximum absolute atomic E-state index is 11.8. The standard InChI is InChI=1S/C14H18ClIN4O/c1-9-12(15)13(18-20(9)16(2)3)10-6-7-11(17-8-10)14(21)19(4)5/h6-8H,1-5H3. The minimum atomic E-state index is -1.27.